The summed E-state index contributed by atoms with van der Waals surface area (Å²) in [5.41, 5.74) is 7.99. The first-order valence-electron chi connectivity index (χ1n) is 7.24. The van der Waals surface area contributed by atoms with Crippen molar-refractivity contribution < 1.29 is 48.1 Å². The van der Waals surface area contributed by atoms with Crippen LogP contribution < -0.4 is 24.8 Å². The summed E-state index contributed by atoms with van der Waals surface area (Å²) >= 11 is 1.58. The average Bonchev–Trinajstić information content (AvgIpc) is 2.94. The third kappa shape index (κ3) is 8.93. The average molecular weight is 434 g/mol. The van der Waals surface area contributed by atoms with E-state index in [0.717, 1.165) is 12.8 Å². The van der Waals surface area contributed by atoms with E-state index in [1.165, 1.54) is 23.6 Å². The van der Waals surface area contributed by atoms with Gasteiger partial charge in [0.15, 0.2) is 0 Å². The monoisotopic (exact) mass is 431 g/mol. The van der Waals surface area contributed by atoms with Crippen LogP contribution >= 0.6 is 0 Å². The zero-order chi connectivity index (χ0) is 15.0. The molecule has 1 fully saturated rings. The Morgan fingerprint density at radius 3 is 2.14 bits per heavy atom. The fourth-order valence-electron chi connectivity index (χ4n) is 2.47. The fraction of sp³-hybridized carbons (Fsp3) is 0.471. The van der Waals surface area contributed by atoms with Gasteiger partial charge in [0.1, 0.15) is 0 Å². The smallest absolute Gasteiger partial charge is 0.0809 e. The van der Waals surface area contributed by atoms with Gasteiger partial charge in [0.2, 0.25) is 0 Å². The third-order valence-corrected chi connectivity index (χ3v) is 3.89. The maximum atomic E-state index is 7.45. The zero-order valence-corrected chi connectivity index (χ0v) is 18.8. The van der Waals surface area contributed by atoms with Crippen LogP contribution in [-0.2, 0) is 23.3 Å². The summed E-state index contributed by atoms with van der Waals surface area (Å²) in [6, 6.07) is 14.9. The summed E-state index contributed by atoms with van der Waals surface area (Å²) < 4.78 is 0. The number of halogens is 2. The first kappa shape index (κ1) is 24.7. The van der Waals surface area contributed by atoms with Gasteiger partial charge in [0, 0.05) is 0 Å². The minimum Gasteiger partial charge on any atom is -0.168 e. The number of fused-ring (bicyclic) bond motifs is 1. The Morgan fingerprint density at radius 2 is 1.64 bits per heavy atom. The molecule has 122 valence electrons. The van der Waals surface area contributed by atoms with Gasteiger partial charge < -0.3 is 30.5 Å². The molecule has 0 aromatic heterocycles. The molecule has 22 heavy (non-hydrogen) atoms. The van der Waals surface area contributed by atoms with E-state index >= 15 is 0 Å². The molecule has 0 saturated heterocycles. The standard InChI is InChI=1S/C9H7.C8H16N.2ClH.H2Si.Zr/c1-2-5-9-7-3-6-8(9)4-1;1-8(2)5-3-7(9)4-6-8;;;;/h1-7H;7,9H,3-6H2,1-2H3;2*1H;1H2;/q2*-1;;;;+2/p-2. The SMILES string of the molecule is CC1(C)CCC([NH-])CC1.[Cl-].[Cl-].[SiH2]=[Zr+2].c1ccc2[cH-]ccc2c1. The van der Waals surface area contributed by atoms with Gasteiger partial charge >= 0.3 is 30.2 Å². The molecule has 1 aliphatic rings. The van der Waals surface area contributed by atoms with E-state index in [4.69, 9.17) is 5.73 Å². The first-order valence-corrected chi connectivity index (χ1v) is 13.2. The van der Waals surface area contributed by atoms with Crippen molar-refractivity contribution >= 4 is 17.7 Å². The topological polar surface area (TPSA) is 23.8 Å². The molecule has 2 aromatic rings. The predicted molar refractivity (Wildman–Crippen MR) is 88.4 cm³/mol. The molecule has 0 bridgehead atoms. The maximum absolute atomic E-state index is 7.45. The summed E-state index contributed by atoms with van der Waals surface area (Å²) in [7, 11) is 0. The summed E-state index contributed by atoms with van der Waals surface area (Å²) in [5.74, 6) is 0. The first-order chi connectivity index (χ1) is 9.57. The largest absolute Gasteiger partial charge is 0.168 e. The quantitative estimate of drug-likeness (QED) is 0.363. The van der Waals surface area contributed by atoms with Crippen LogP contribution in [0.25, 0.3) is 16.5 Å². The number of nitrogens with one attached hydrogen (secondary N) is 1. The molecule has 0 radical (unpaired) electrons. The van der Waals surface area contributed by atoms with Gasteiger partial charge in [-0.25, -0.2) is 0 Å². The van der Waals surface area contributed by atoms with Crippen LogP contribution in [0.4, 0.5) is 0 Å². The molecule has 1 aliphatic carbocycles. The molecule has 0 amide bonds. The van der Waals surface area contributed by atoms with Crippen molar-refractivity contribution in [3.8, 4) is 0 Å². The maximum Gasteiger partial charge on any atom is -0.0809 e. The van der Waals surface area contributed by atoms with E-state index in [1.807, 2.05) is 6.88 Å². The van der Waals surface area contributed by atoms with Gasteiger partial charge in [-0.15, -0.1) is 35.7 Å². The number of hydrogen-bond acceptors (Lipinski definition) is 0. The summed E-state index contributed by atoms with van der Waals surface area (Å²) in [5, 5.41) is 2.66. The van der Waals surface area contributed by atoms with Gasteiger partial charge in [0.05, 0.1) is 0 Å². The van der Waals surface area contributed by atoms with Crippen LogP contribution in [-0.4, -0.2) is 12.9 Å². The summed E-state index contributed by atoms with van der Waals surface area (Å²) in [6.45, 7) is 6.56. The molecule has 0 heterocycles. The van der Waals surface area contributed by atoms with E-state index in [9.17, 15) is 0 Å². The van der Waals surface area contributed by atoms with E-state index in [-0.39, 0.29) is 30.9 Å². The van der Waals surface area contributed by atoms with Crippen molar-refractivity contribution in [2.75, 3.05) is 0 Å². The molecule has 5 heteroatoms. The number of hydrogen-bond donors (Lipinski definition) is 0. The Hall–Kier alpha value is 0.470. The van der Waals surface area contributed by atoms with Crippen molar-refractivity contribution in [3.05, 3.63) is 48.2 Å². The van der Waals surface area contributed by atoms with Gasteiger partial charge in [-0.2, -0.15) is 17.5 Å². The van der Waals surface area contributed by atoms with Crippen molar-refractivity contribution in [1.29, 1.82) is 0 Å². The van der Waals surface area contributed by atoms with Crippen molar-refractivity contribution in [2.45, 2.75) is 45.6 Å². The molecule has 2 aromatic carbocycles. The minimum atomic E-state index is 0. The summed E-state index contributed by atoms with van der Waals surface area (Å²) in [4.78, 5) is 0. The Morgan fingerprint density at radius 1 is 1.09 bits per heavy atom. The third-order valence-electron chi connectivity index (χ3n) is 3.89. The normalized spacial score (nSPS) is 16.0. The zero-order valence-electron chi connectivity index (χ0n) is 13.4. The van der Waals surface area contributed by atoms with E-state index < -0.39 is 0 Å². The van der Waals surface area contributed by atoms with Crippen LogP contribution in [0, 0.1) is 5.41 Å². The Labute approximate surface area is 164 Å². The molecular weight excluding hydrogens is 408 g/mol. The Balaban J connectivity index is 0. The number of rotatable bonds is 0. The molecule has 3 rings (SSSR count). The molecule has 1 N–H and O–H groups in total. The molecule has 0 spiro atoms. The van der Waals surface area contributed by atoms with Crippen molar-refractivity contribution in [1.82, 2.24) is 0 Å². The van der Waals surface area contributed by atoms with Crippen LogP contribution in [0.3, 0.4) is 0 Å². The molecule has 0 unspecified atom stereocenters. The predicted octanol–water partition coefficient (Wildman–Crippen LogP) is -1.34. The van der Waals surface area contributed by atoms with E-state index in [2.05, 4.69) is 56.3 Å². The molecule has 1 saturated carbocycles. The molecule has 0 atom stereocenters. The van der Waals surface area contributed by atoms with Gasteiger partial charge in [-0.1, -0.05) is 32.8 Å². The minimum absolute atomic E-state index is 0. The van der Waals surface area contributed by atoms with E-state index in [0.29, 0.717) is 5.41 Å². The van der Waals surface area contributed by atoms with Crippen molar-refractivity contribution in [3.63, 3.8) is 0 Å². The Bertz CT molecular complexity index is 476. The van der Waals surface area contributed by atoms with Gasteiger partial charge in [-0.3, -0.25) is 0 Å². The fourth-order valence-corrected chi connectivity index (χ4v) is 2.47. The molecule has 0 aliphatic heterocycles. The van der Waals surface area contributed by atoms with Crippen LogP contribution in [0.1, 0.15) is 39.5 Å². The van der Waals surface area contributed by atoms with Gasteiger partial charge in [0.25, 0.3) is 0 Å². The van der Waals surface area contributed by atoms with E-state index in [1.54, 1.807) is 23.3 Å². The van der Waals surface area contributed by atoms with Crippen LogP contribution in [0.5, 0.6) is 0 Å². The second kappa shape index (κ2) is 12.8. The van der Waals surface area contributed by atoms with Crippen LogP contribution in [0.15, 0.2) is 42.5 Å². The Kier molecular flexibility index (Phi) is 14.4. The summed E-state index contributed by atoms with van der Waals surface area (Å²) in [6.07, 6.45) is 4.74. The van der Waals surface area contributed by atoms with Crippen LogP contribution in [0.2, 0.25) is 0 Å². The second-order valence-corrected chi connectivity index (χ2v) is 6.09. The molecule has 1 nitrogen and oxygen atoms in total. The van der Waals surface area contributed by atoms with Gasteiger partial charge in [-0.05, 0) is 18.3 Å². The molecular formula is C17H25Cl2NSiZr-2. The van der Waals surface area contributed by atoms with Crippen molar-refractivity contribution in [2.24, 2.45) is 5.41 Å². The second-order valence-electron chi connectivity index (χ2n) is 6.09. The number of benzene rings is 1.